The summed E-state index contributed by atoms with van der Waals surface area (Å²) in [4.78, 5) is 25.6. The minimum absolute atomic E-state index is 0.0334. The van der Waals surface area contributed by atoms with E-state index in [4.69, 9.17) is 12.2 Å². The molecule has 0 radical (unpaired) electrons. The molecule has 0 aliphatic carbocycles. The molecule has 0 atom stereocenters. The first-order valence-electron chi connectivity index (χ1n) is 8.39. The van der Waals surface area contributed by atoms with Crippen LogP contribution in [0.4, 0.5) is 0 Å². The Kier molecular flexibility index (Phi) is 4.85. The number of thioether (sulfide) groups is 1. The zero-order chi connectivity index (χ0) is 19.7. The molecule has 0 bridgehead atoms. The Bertz CT molecular complexity index is 1150. The molecule has 3 aromatic carbocycles. The number of rotatable bonds is 3. The van der Waals surface area contributed by atoms with Crippen LogP contribution in [-0.4, -0.2) is 26.3 Å². The topological polar surface area (TPSA) is 69.6 Å². The smallest absolute Gasteiger partial charge is 0.285 e. The van der Waals surface area contributed by atoms with Gasteiger partial charge >= 0.3 is 0 Å². The average molecular weight is 406 g/mol. The molecule has 1 saturated heterocycles. The predicted octanol–water partition coefficient (Wildman–Crippen LogP) is 4.09. The zero-order valence-corrected chi connectivity index (χ0v) is 16.1. The first-order chi connectivity index (χ1) is 13.5. The van der Waals surface area contributed by atoms with Crippen LogP contribution in [0.15, 0.2) is 71.6 Å². The first-order valence-corrected chi connectivity index (χ1v) is 9.61. The van der Waals surface area contributed by atoms with Crippen LogP contribution < -0.4 is 5.43 Å². The molecule has 2 N–H and O–H groups in total. The number of hydrazine groups is 1. The third-order valence-electron chi connectivity index (χ3n) is 4.23. The predicted molar refractivity (Wildman–Crippen MR) is 115 cm³/mol. The summed E-state index contributed by atoms with van der Waals surface area (Å²) in [7, 11) is 0. The standard InChI is InChI=1S/C21H14N2O3S2/c24-16-9-4-8-15(11-16)19(25)22-23-20(26)18(28-21(23)27)12-14-7-3-6-13-5-1-2-10-17(13)14/h1-12,24H,(H,22,25)/b18-12-. The first kappa shape index (κ1) is 18.2. The van der Waals surface area contributed by atoms with E-state index in [0.29, 0.717) is 4.91 Å². The van der Waals surface area contributed by atoms with Gasteiger partial charge in [0.2, 0.25) is 0 Å². The number of hydrogen-bond donors (Lipinski definition) is 2. The minimum Gasteiger partial charge on any atom is -0.508 e. The number of thiocarbonyl (C=S) groups is 1. The van der Waals surface area contributed by atoms with Crippen molar-refractivity contribution in [2.45, 2.75) is 0 Å². The number of fused-ring (bicyclic) bond motifs is 1. The van der Waals surface area contributed by atoms with Gasteiger partial charge in [0.15, 0.2) is 4.32 Å². The molecule has 0 aromatic heterocycles. The molecular formula is C21H14N2O3S2. The van der Waals surface area contributed by atoms with Gasteiger partial charge in [-0.1, -0.05) is 60.3 Å². The van der Waals surface area contributed by atoms with Gasteiger partial charge in [-0.2, -0.15) is 5.01 Å². The molecule has 138 valence electrons. The number of phenolic OH excluding ortho intramolecular Hbond substituents is 1. The Labute approximate surface area is 170 Å². The Morgan fingerprint density at radius 1 is 1.07 bits per heavy atom. The lowest BCUT2D eigenvalue weighted by molar-refractivity contribution is -0.123. The van der Waals surface area contributed by atoms with Gasteiger partial charge in [0.05, 0.1) is 4.91 Å². The van der Waals surface area contributed by atoms with Crippen LogP contribution in [0.2, 0.25) is 0 Å². The molecule has 5 nitrogen and oxygen atoms in total. The Balaban J connectivity index is 1.60. The van der Waals surface area contributed by atoms with Gasteiger partial charge < -0.3 is 5.11 Å². The fourth-order valence-corrected chi connectivity index (χ4v) is 4.07. The summed E-state index contributed by atoms with van der Waals surface area (Å²) in [5, 5.41) is 12.7. The van der Waals surface area contributed by atoms with Crippen molar-refractivity contribution in [3.05, 3.63) is 82.8 Å². The van der Waals surface area contributed by atoms with Gasteiger partial charge in [0.25, 0.3) is 11.8 Å². The van der Waals surface area contributed by atoms with Crippen LogP contribution in [0, 0.1) is 0 Å². The van der Waals surface area contributed by atoms with Crippen molar-refractivity contribution in [1.82, 2.24) is 10.4 Å². The van der Waals surface area contributed by atoms with Gasteiger partial charge in [0.1, 0.15) is 5.75 Å². The maximum Gasteiger partial charge on any atom is 0.285 e. The average Bonchev–Trinajstić information content (AvgIpc) is 2.95. The highest BCUT2D eigenvalue weighted by Gasteiger charge is 2.33. The lowest BCUT2D eigenvalue weighted by Crippen LogP contribution is -2.44. The lowest BCUT2D eigenvalue weighted by atomic mass is 10.0. The molecule has 1 fully saturated rings. The second-order valence-electron chi connectivity index (χ2n) is 6.08. The monoisotopic (exact) mass is 406 g/mol. The number of hydrogen-bond acceptors (Lipinski definition) is 5. The molecular weight excluding hydrogens is 392 g/mol. The van der Waals surface area contributed by atoms with Crippen molar-refractivity contribution in [3.8, 4) is 5.75 Å². The van der Waals surface area contributed by atoms with E-state index in [1.54, 1.807) is 18.2 Å². The quantitative estimate of drug-likeness (QED) is 0.506. The van der Waals surface area contributed by atoms with Crippen molar-refractivity contribution in [3.63, 3.8) is 0 Å². The summed E-state index contributed by atoms with van der Waals surface area (Å²) in [6, 6.07) is 19.6. The molecule has 3 aromatic rings. The van der Waals surface area contributed by atoms with Gasteiger partial charge in [0, 0.05) is 5.56 Å². The van der Waals surface area contributed by atoms with Gasteiger partial charge in [-0.25, -0.2) is 0 Å². The Morgan fingerprint density at radius 2 is 1.82 bits per heavy atom. The van der Waals surface area contributed by atoms with Crippen molar-refractivity contribution < 1.29 is 14.7 Å². The maximum atomic E-state index is 12.8. The maximum absolute atomic E-state index is 12.8. The zero-order valence-electron chi connectivity index (χ0n) is 14.5. The molecule has 1 heterocycles. The van der Waals surface area contributed by atoms with E-state index >= 15 is 0 Å². The summed E-state index contributed by atoms with van der Waals surface area (Å²) in [6.45, 7) is 0. The second kappa shape index (κ2) is 7.46. The number of carbonyl (C=O) groups excluding carboxylic acids is 2. The number of benzene rings is 3. The van der Waals surface area contributed by atoms with Crippen molar-refractivity contribution in [2.24, 2.45) is 0 Å². The van der Waals surface area contributed by atoms with Crippen LogP contribution in [0.1, 0.15) is 15.9 Å². The summed E-state index contributed by atoms with van der Waals surface area (Å²) >= 11 is 6.39. The Hall–Kier alpha value is -3.16. The third kappa shape index (κ3) is 3.49. The summed E-state index contributed by atoms with van der Waals surface area (Å²) < 4.78 is 0.241. The molecule has 7 heteroatoms. The van der Waals surface area contributed by atoms with Crippen molar-refractivity contribution >= 4 is 57.0 Å². The summed E-state index contributed by atoms with van der Waals surface area (Å²) in [5.74, 6) is -0.955. The van der Waals surface area contributed by atoms with Crippen LogP contribution in [0.3, 0.4) is 0 Å². The van der Waals surface area contributed by atoms with E-state index in [0.717, 1.165) is 33.1 Å². The van der Waals surface area contributed by atoms with E-state index in [9.17, 15) is 14.7 Å². The van der Waals surface area contributed by atoms with E-state index in [2.05, 4.69) is 5.43 Å². The number of aromatic hydroxyl groups is 1. The highest BCUT2D eigenvalue weighted by Crippen LogP contribution is 2.33. The normalized spacial score (nSPS) is 15.4. The highest BCUT2D eigenvalue weighted by atomic mass is 32.2. The third-order valence-corrected chi connectivity index (χ3v) is 5.53. The molecule has 0 saturated carbocycles. The SMILES string of the molecule is O=C(NN1C(=O)/C(=C/c2cccc3ccccc23)SC1=S)c1cccc(O)c1. The highest BCUT2D eigenvalue weighted by molar-refractivity contribution is 8.26. The Morgan fingerprint density at radius 3 is 2.64 bits per heavy atom. The minimum atomic E-state index is -0.529. The number of phenols is 1. The van der Waals surface area contributed by atoms with Gasteiger partial charge in [-0.3, -0.25) is 15.0 Å². The molecule has 1 aliphatic rings. The van der Waals surface area contributed by atoms with E-state index in [-0.39, 0.29) is 15.6 Å². The van der Waals surface area contributed by atoms with E-state index in [1.165, 1.54) is 12.1 Å². The van der Waals surface area contributed by atoms with Crippen LogP contribution in [0.5, 0.6) is 5.75 Å². The number of amides is 2. The molecule has 2 amide bonds. The molecule has 0 spiro atoms. The largest absolute Gasteiger partial charge is 0.508 e. The summed E-state index contributed by atoms with van der Waals surface area (Å²) in [6.07, 6.45) is 1.78. The molecule has 4 rings (SSSR count). The molecule has 1 aliphatic heterocycles. The molecule has 0 unspecified atom stereocenters. The number of carbonyl (C=O) groups is 2. The lowest BCUT2D eigenvalue weighted by Gasteiger charge is -2.15. The van der Waals surface area contributed by atoms with Gasteiger partial charge in [-0.15, -0.1) is 0 Å². The van der Waals surface area contributed by atoms with Gasteiger partial charge in [-0.05, 0) is 52.8 Å². The van der Waals surface area contributed by atoms with Crippen LogP contribution >= 0.6 is 24.0 Å². The van der Waals surface area contributed by atoms with Crippen molar-refractivity contribution in [1.29, 1.82) is 0 Å². The fraction of sp³-hybridized carbons (Fsp3) is 0. The number of nitrogens with zero attached hydrogens (tertiary/aromatic N) is 1. The second-order valence-corrected chi connectivity index (χ2v) is 7.75. The van der Waals surface area contributed by atoms with Crippen molar-refractivity contribution in [2.75, 3.05) is 0 Å². The van der Waals surface area contributed by atoms with E-state index < -0.39 is 11.8 Å². The number of nitrogens with one attached hydrogen (secondary N) is 1. The summed E-state index contributed by atoms with van der Waals surface area (Å²) in [5.41, 5.74) is 3.64. The van der Waals surface area contributed by atoms with Crippen LogP contribution in [0.25, 0.3) is 16.8 Å². The molecule has 28 heavy (non-hydrogen) atoms. The van der Waals surface area contributed by atoms with Crippen LogP contribution in [-0.2, 0) is 4.79 Å². The fourth-order valence-electron chi connectivity index (χ4n) is 2.89. The van der Waals surface area contributed by atoms with E-state index in [1.807, 2.05) is 42.5 Å².